The molecule has 11 heavy (non-hydrogen) atoms. The molecule has 0 aliphatic rings. The Labute approximate surface area is 68.0 Å². The van der Waals surface area contributed by atoms with Gasteiger partial charge in [-0.25, -0.2) is 4.98 Å². The Morgan fingerprint density at radius 1 is 1.45 bits per heavy atom. The molecule has 0 saturated carbocycles. The summed E-state index contributed by atoms with van der Waals surface area (Å²) in [5.74, 6) is 0.969. The molecular weight excluding hydrogens is 136 g/mol. The fourth-order valence-electron chi connectivity index (χ4n) is 1.08. The highest BCUT2D eigenvalue weighted by Crippen LogP contribution is 2.02. The number of rotatable bonds is 4. The summed E-state index contributed by atoms with van der Waals surface area (Å²) in [7, 11) is 0. The van der Waals surface area contributed by atoms with E-state index in [0.717, 1.165) is 17.9 Å². The lowest BCUT2D eigenvalue weighted by Crippen LogP contribution is -1.85. The molecule has 61 valence electrons. The third kappa shape index (κ3) is 2.74. The molecule has 0 bridgehead atoms. The first-order valence-electron chi connectivity index (χ1n) is 4.26. The molecule has 1 aromatic heterocycles. The van der Waals surface area contributed by atoms with Gasteiger partial charge in [-0.3, -0.25) is 0 Å². The Morgan fingerprint density at radius 3 is 2.82 bits per heavy atom. The summed E-state index contributed by atoms with van der Waals surface area (Å²) in [6.07, 6.45) is 7.89. The molecule has 1 heterocycles. The van der Waals surface area contributed by atoms with E-state index in [1.165, 1.54) is 19.3 Å². The Balaban J connectivity index is 2.27. The van der Waals surface area contributed by atoms with Gasteiger partial charge in [0.15, 0.2) is 0 Å². The normalized spacial score (nSPS) is 10.4. The van der Waals surface area contributed by atoms with Gasteiger partial charge in [0.05, 0.1) is 11.9 Å². The van der Waals surface area contributed by atoms with Gasteiger partial charge < -0.3 is 4.98 Å². The van der Waals surface area contributed by atoms with Crippen molar-refractivity contribution in [1.29, 1.82) is 0 Å². The third-order valence-electron chi connectivity index (χ3n) is 1.71. The van der Waals surface area contributed by atoms with E-state index in [1.807, 2.05) is 6.92 Å². The van der Waals surface area contributed by atoms with Crippen LogP contribution < -0.4 is 0 Å². The van der Waals surface area contributed by atoms with Crippen LogP contribution in [0.15, 0.2) is 0 Å². The second-order valence-corrected chi connectivity index (χ2v) is 2.85. The van der Waals surface area contributed by atoms with Gasteiger partial charge in [-0.05, 0) is 19.8 Å². The van der Waals surface area contributed by atoms with E-state index >= 15 is 0 Å². The molecule has 0 unspecified atom stereocenters. The third-order valence-corrected chi connectivity index (χ3v) is 1.71. The van der Waals surface area contributed by atoms with E-state index in [1.54, 1.807) is 0 Å². The molecule has 2 heteroatoms. The lowest BCUT2D eigenvalue weighted by Gasteiger charge is -1.92. The zero-order valence-corrected chi connectivity index (χ0v) is 7.28. The number of nitrogens with zero attached hydrogens (tertiary/aromatic N) is 1. The standard InChI is InChI=1S/C9H15N2/c1-3-4-5-6-9-7-10-8(2)11-9/h3-6H2,1-2H3,(H,10,11). The van der Waals surface area contributed by atoms with Gasteiger partial charge in [-0.15, -0.1) is 0 Å². The fraction of sp³-hybridized carbons (Fsp3) is 0.667. The maximum Gasteiger partial charge on any atom is 0.103 e. The molecule has 0 aliphatic heterocycles. The summed E-state index contributed by atoms with van der Waals surface area (Å²) in [5, 5.41) is 0. The fourth-order valence-corrected chi connectivity index (χ4v) is 1.08. The summed E-state index contributed by atoms with van der Waals surface area (Å²) < 4.78 is 0. The van der Waals surface area contributed by atoms with Crippen molar-refractivity contribution in [2.24, 2.45) is 0 Å². The maximum atomic E-state index is 4.27. The van der Waals surface area contributed by atoms with Crippen LogP contribution in [-0.2, 0) is 6.42 Å². The maximum absolute atomic E-state index is 4.27. The van der Waals surface area contributed by atoms with E-state index in [9.17, 15) is 0 Å². The first-order chi connectivity index (χ1) is 5.33. The molecule has 1 N–H and O–H groups in total. The number of unbranched alkanes of at least 4 members (excludes halogenated alkanes) is 2. The number of hydrogen-bond acceptors (Lipinski definition) is 1. The summed E-state index contributed by atoms with van der Waals surface area (Å²) in [5.41, 5.74) is 1.08. The van der Waals surface area contributed by atoms with Crippen molar-refractivity contribution in [3.05, 3.63) is 17.7 Å². The predicted octanol–water partition coefficient (Wildman–Crippen LogP) is 2.25. The van der Waals surface area contributed by atoms with Crippen molar-refractivity contribution < 1.29 is 0 Å². The zero-order valence-electron chi connectivity index (χ0n) is 7.28. The van der Waals surface area contributed by atoms with E-state index in [0.29, 0.717) is 0 Å². The van der Waals surface area contributed by atoms with Crippen molar-refractivity contribution in [1.82, 2.24) is 9.97 Å². The molecule has 2 nitrogen and oxygen atoms in total. The molecule has 0 aliphatic carbocycles. The predicted molar refractivity (Wildman–Crippen MR) is 45.4 cm³/mol. The van der Waals surface area contributed by atoms with Crippen molar-refractivity contribution in [2.45, 2.75) is 39.5 Å². The largest absolute Gasteiger partial charge is 0.341 e. The van der Waals surface area contributed by atoms with E-state index in [-0.39, 0.29) is 0 Å². The lowest BCUT2D eigenvalue weighted by molar-refractivity contribution is 0.708. The lowest BCUT2D eigenvalue weighted by atomic mass is 10.2. The van der Waals surface area contributed by atoms with Crippen molar-refractivity contribution >= 4 is 0 Å². The summed E-state index contributed by atoms with van der Waals surface area (Å²) >= 11 is 0. The minimum Gasteiger partial charge on any atom is -0.341 e. The highest BCUT2D eigenvalue weighted by molar-refractivity contribution is 4.97. The van der Waals surface area contributed by atoms with Gasteiger partial charge in [-0.2, -0.15) is 0 Å². The second-order valence-electron chi connectivity index (χ2n) is 2.85. The van der Waals surface area contributed by atoms with Crippen LogP contribution in [0, 0.1) is 13.1 Å². The van der Waals surface area contributed by atoms with Crippen LogP contribution in [-0.4, -0.2) is 9.97 Å². The molecular formula is C9H15N2. The van der Waals surface area contributed by atoms with Gasteiger partial charge in [-0.1, -0.05) is 19.8 Å². The van der Waals surface area contributed by atoms with Crippen LogP contribution in [0.2, 0.25) is 0 Å². The van der Waals surface area contributed by atoms with Crippen molar-refractivity contribution in [3.63, 3.8) is 0 Å². The molecule has 1 rings (SSSR count). The average Bonchev–Trinajstić information content (AvgIpc) is 2.37. The molecule has 1 aromatic rings. The average molecular weight is 151 g/mol. The Bertz CT molecular complexity index is 203. The molecule has 0 saturated heterocycles. The molecule has 0 atom stereocenters. The smallest absolute Gasteiger partial charge is 0.103 e. The number of aromatic nitrogens is 2. The molecule has 1 radical (unpaired) electrons. The number of imidazole rings is 1. The van der Waals surface area contributed by atoms with Gasteiger partial charge in [0, 0.05) is 0 Å². The van der Waals surface area contributed by atoms with Gasteiger partial charge >= 0.3 is 0 Å². The number of hydrogen-bond donors (Lipinski definition) is 1. The van der Waals surface area contributed by atoms with Crippen LogP contribution >= 0.6 is 0 Å². The Morgan fingerprint density at radius 2 is 2.27 bits per heavy atom. The Hall–Kier alpha value is -0.790. The number of aryl methyl sites for hydroxylation is 2. The zero-order chi connectivity index (χ0) is 8.10. The van der Waals surface area contributed by atoms with Crippen LogP contribution in [0.5, 0.6) is 0 Å². The molecule has 0 aromatic carbocycles. The van der Waals surface area contributed by atoms with Crippen LogP contribution in [0.4, 0.5) is 0 Å². The van der Waals surface area contributed by atoms with E-state index < -0.39 is 0 Å². The molecule has 0 spiro atoms. The van der Waals surface area contributed by atoms with Gasteiger partial charge in [0.2, 0.25) is 0 Å². The number of aromatic amines is 1. The van der Waals surface area contributed by atoms with E-state index in [2.05, 4.69) is 23.1 Å². The molecule has 0 fully saturated rings. The summed E-state index contributed by atoms with van der Waals surface area (Å²) in [6.45, 7) is 4.17. The number of H-pyrrole nitrogens is 1. The summed E-state index contributed by atoms with van der Waals surface area (Å²) in [6, 6.07) is 0. The Kier molecular flexibility index (Phi) is 3.14. The topological polar surface area (TPSA) is 28.7 Å². The summed E-state index contributed by atoms with van der Waals surface area (Å²) in [4.78, 5) is 7.23. The highest BCUT2D eigenvalue weighted by Gasteiger charge is 1.96. The van der Waals surface area contributed by atoms with Crippen molar-refractivity contribution in [3.8, 4) is 0 Å². The first-order valence-corrected chi connectivity index (χ1v) is 4.26. The second kappa shape index (κ2) is 4.16. The van der Waals surface area contributed by atoms with Crippen molar-refractivity contribution in [2.75, 3.05) is 0 Å². The van der Waals surface area contributed by atoms with E-state index in [4.69, 9.17) is 0 Å². The number of nitrogens with one attached hydrogen (secondary N) is 1. The van der Waals surface area contributed by atoms with Gasteiger partial charge in [0.25, 0.3) is 0 Å². The van der Waals surface area contributed by atoms with Crippen LogP contribution in [0.1, 0.15) is 37.7 Å². The minimum absolute atomic E-state index is 0.969. The quantitative estimate of drug-likeness (QED) is 0.657. The highest BCUT2D eigenvalue weighted by atomic mass is 14.9. The van der Waals surface area contributed by atoms with Gasteiger partial charge in [0.1, 0.15) is 5.82 Å². The molecule has 0 amide bonds. The first kappa shape index (κ1) is 8.31. The monoisotopic (exact) mass is 151 g/mol. The van der Waals surface area contributed by atoms with Crippen LogP contribution in [0.3, 0.4) is 0 Å². The minimum atomic E-state index is 0.969. The SMILES string of the molecule is CCCCCc1[c][nH]c(C)n1. The van der Waals surface area contributed by atoms with Crippen LogP contribution in [0.25, 0.3) is 0 Å².